The van der Waals surface area contributed by atoms with Crippen LogP contribution in [0.5, 0.6) is 0 Å². The number of halogens is 1. The Morgan fingerprint density at radius 1 is 1.31 bits per heavy atom. The van der Waals surface area contributed by atoms with E-state index in [4.69, 9.17) is 11.6 Å². The second-order valence-corrected chi connectivity index (χ2v) is 3.33. The van der Waals surface area contributed by atoms with Crippen molar-refractivity contribution in [1.29, 1.82) is 0 Å². The first kappa shape index (κ1) is 10.3. The van der Waals surface area contributed by atoms with Gasteiger partial charge in [0.25, 0.3) is 11.0 Å². The highest BCUT2D eigenvalue weighted by Gasteiger charge is 2.00. The van der Waals surface area contributed by atoms with Gasteiger partial charge in [-0.1, -0.05) is 11.6 Å². The monoisotopic (exact) mass is 221 g/mol. The van der Waals surface area contributed by atoms with Gasteiger partial charge in [0.1, 0.15) is 0 Å². The first-order valence-electron chi connectivity index (χ1n) is 3.41. The van der Waals surface area contributed by atoms with Gasteiger partial charge in [-0.2, -0.15) is 4.28 Å². The molecule has 0 amide bonds. The van der Waals surface area contributed by atoms with Crippen molar-refractivity contribution in [3.63, 3.8) is 0 Å². The molecule has 72 valence electrons. The largest absolute Gasteiger partial charge is 0.277 e. The van der Waals surface area contributed by atoms with Gasteiger partial charge in [-0.05, 0) is 24.3 Å². The van der Waals surface area contributed by atoms with Gasteiger partial charge in [0.2, 0.25) is 0 Å². The van der Waals surface area contributed by atoms with E-state index < -0.39 is 11.0 Å². The molecule has 0 aliphatic rings. The molecule has 4 nitrogen and oxygen atoms in total. The molecule has 13 heavy (non-hydrogen) atoms. The van der Waals surface area contributed by atoms with Crippen molar-refractivity contribution in [3.8, 4) is 0 Å². The van der Waals surface area contributed by atoms with Crippen LogP contribution < -0.4 is 5.06 Å². The molecule has 0 aliphatic carbocycles. The standard InChI is InChI=1S/C7H8ClNO3S/c1-9(12-13(10)11)7-4-2-6(8)3-5-7/h2-5,13H,1H3. The van der Waals surface area contributed by atoms with Crippen LogP contribution in [0.1, 0.15) is 0 Å². The number of benzene rings is 1. The van der Waals surface area contributed by atoms with Crippen molar-refractivity contribution in [1.82, 2.24) is 0 Å². The van der Waals surface area contributed by atoms with E-state index in [0.717, 1.165) is 5.06 Å². The summed E-state index contributed by atoms with van der Waals surface area (Å²) in [5, 5.41) is 1.73. The van der Waals surface area contributed by atoms with E-state index in [9.17, 15) is 8.42 Å². The Hall–Kier alpha value is -0.780. The molecule has 0 saturated carbocycles. The molecule has 1 aromatic carbocycles. The van der Waals surface area contributed by atoms with E-state index in [2.05, 4.69) is 4.28 Å². The molecule has 0 heterocycles. The maximum absolute atomic E-state index is 10.2. The summed E-state index contributed by atoms with van der Waals surface area (Å²) >= 11 is 5.64. The molecule has 6 heteroatoms. The van der Waals surface area contributed by atoms with Gasteiger partial charge in [-0.25, -0.2) is 13.5 Å². The van der Waals surface area contributed by atoms with Gasteiger partial charge in [-0.3, -0.25) is 0 Å². The number of hydrogen-bond acceptors (Lipinski definition) is 4. The molecule has 0 unspecified atom stereocenters. The van der Waals surface area contributed by atoms with E-state index in [1.54, 1.807) is 24.3 Å². The second kappa shape index (κ2) is 4.45. The predicted molar refractivity (Wildman–Crippen MR) is 51.3 cm³/mol. The summed E-state index contributed by atoms with van der Waals surface area (Å²) in [5.41, 5.74) is 0.614. The van der Waals surface area contributed by atoms with Crippen LogP contribution in [-0.2, 0) is 15.3 Å². The third-order valence-corrected chi connectivity index (χ3v) is 2.01. The minimum absolute atomic E-state index is 0.587. The molecule has 0 aliphatic heterocycles. The Bertz CT molecular complexity index is 341. The maximum Gasteiger partial charge on any atom is 0.277 e. The lowest BCUT2D eigenvalue weighted by Gasteiger charge is -2.13. The molecule has 0 bridgehead atoms. The van der Waals surface area contributed by atoms with E-state index >= 15 is 0 Å². The zero-order valence-corrected chi connectivity index (χ0v) is 8.46. The normalized spacial score (nSPS) is 10.4. The quantitative estimate of drug-likeness (QED) is 0.616. The van der Waals surface area contributed by atoms with Crippen LogP contribution >= 0.6 is 11.6 Å². The zero-order chi connectivity index (χ0) is 9.84. The fourth-order valence-electron chi connectivity index (χ4n) is 0.798. The number of anilines is 1. The van der Waals surface area contributed by atoms with Crippen molar-refractivity contribution in [2.75, 3.05) is 12.1 Å². The number of hydroxylamine groups is 1. The second-order valence-electron chi connectivity index (χ2n) is 2.28. The van der Waals surface area contributed by atoms with Crippen LogP contribution in [-0.4, -0.2) is 15.5 Å². The Morgan fingerprint density at radius 3 is 2.31 bits per heavy atom. The molecular weight excluding hydrogens is 214 g/mol. The van der Waals surface area contributed by atoms with Crippen LogP contribution in [0.4, 0.5) is 5.69 Å². The van der Waals surface area contributed by atoms with Crippen molar-refractivity contribution in [3.05, 3.63) is 29.3 Å². The highest BCUT2D eigenvalue weighted by molar-refractivity contribution is 7.67. The fourth-order valence-corrected chi connectivity index (χ4v) is 1.22. The van der Waals surface area contributed by atoms with E-state index in [1.165, 1.54) is 7.05 Å². The number of hydrogen-bond donors (Lipinski definition) is 1. The van der Waals surface area contributed by atoms with Crippen LogP contribution in [0.2, 0.25) is 5.02 Å². The summed E-state index contributed by atoms with van der Waals surface area (Å²) < 4.78 is 24.8. The molecule has 0 saturated heterocycles. The molecular formula is C7H8ClNO3S. The van der Waals surface area contributed by atoms with Gasteiger partial charge in [0.05, 0.1) is 5.69 Å². The lowest BCUT2D eigenvalue weighted by molar-refractivity contribution is 0.320. The summed E-state index contributed by atoms with van der Waals surface area (Å²) in [6, 6.07) is 6.60. The van der Waals surface area contributed by atoms with Crippen LogP contribution in [0, 0.1) is 0 Å². The van der Waals surface area contributed by atoms with Crippen molar-refractivity contribution in [2.24, 2.45) is 0 Å². The Labute approximate surface area is 82.8 Å². The molecule has 0 atom stereocenters. The van der Waals surface area contributed by atoms with Crippen molar-refractivity contribution < 1.29 is 12.7 Å². The van der Waals surface area contributed by atoms with E-state index in [0.29, 0.717) is 10.7 Å². The van der Waals surface area contributed by atoms with Crippen LogP contribution in [0.15, 0.2) is 24.3 Å². The van der Waals surface area contributed by atoms with Gasteiger partial charge < -0.3 is 0 Å². The lowest BCUT2D eigenvalue weighted by Crippen LogP contribution is -2.16. The van der Waals surface area contributed by atoms with E-state index in [-0.39, 0.29) is 0 Å². The molecule has 1 rings (SSSR count). The summed E-state index contributed by atoms with van der Waals surface area (Å²) in [4.78, 5) is 0. The minimum atomic E-state index is -2.88. The molecule has 1 aromatic rings. The summed E-state index contributed by atoms with van der Waals surface area (Å²) in [6.45, 7) is 0. The molecule has 0 spiro atoms. The molecule has 0 radical (unpaired) electrons. The van der Waals surface area contributed by atoms with Crippen molar-refractivity contribution in [2.45, 2.75) is 0 Å². The van der Waals surface area contributed by atoms with Gasteiger partial charge >= 0.3 is 0 Å². The van der Waals surface area contributed by atoms with Gasteiger partial charge in [-0.15, -0.1) is 0 Å². The third-order valence-electron chi connectivity index (χ3n) is 1.38. The highest BCUT2D eigenvalue weighted by atomic mass is 35.5. The first-order chi connectivity index (χ1) is 6.09. The summed E-state index contributed by atoms with van der Waals surface area (Å²) in [5.74, 6) is 0. The number of thiol groups is 1. The Balaban J connectivity index is 2.77. The lowest BCUT2D eigenvalue weighted by atomic mass is 10.3. The van der Waals surface area contributed by atoms with Crippen LogP contribution in [0.25, 0.3) is 0 Å². The average molecular weight is 222 g/mol. The smallest absolute Gasteiger partial charge is 0.240 e. The average Bonchev–Trinajstić information content (AvgIpc) is 2.04. The van der Waals surface area contributed by atoms with Crippen LogP contribution in [0.3, 0.4) is 0 Å². The summed E-state index contributed by atoms with van der Waals surface area (Å²) in [7, 11) is -1.38. The zero-order valence-electron chi connectivity index (χ0n) is 6.81. The van der Waals surface area contributed by atoms with E-state index in [1.807, 2.05) is 0 Å². The minimum Gasteiger partial charge on any atom is -0.240 e. The third kappa shape index (κ3) is 3.22. The topological polar surface area (TPSA) is 46.6 Å². The Morgan fingerprint density at radius 2 is 1.85 bits per heavy atom. The molecule has 0 aromatic heterocycles. The molecule has 0 N–H and O–H groups in total. The predicted octanol–water partition coefficient (Wildman–Crippen LogP) is 1.23. The molecule has 0 fully saturated rings. The fraction of sp³-hybridized carbons (Fsp3) is 0.143. The van der Waals surface area contributed by atoms with Crippen molar-refractivity contribution >= 4 is 28.3 Å². The van der Waals surface area contributed by atoms with Gasteiger partial charge in [0.15, 0.2) is 0 Å². The van der Waals surface area contributed by atoms with Gasteiger partial charge in [0, 0.05) is 12.1 Å². The number of nitrogens with zero attached hydrogens (tertiary/aromatic N) is 1. The number of rotatable bonds is 3. The summed E-state index contributed by atoms with van der Waals surface area (Å²) in [6.07, 6.45) is 0. The first-order valence-corrected chi connectivity index (χ1v) is 4.88. The maximum atomic E-state index is 10.2. The highest BCUT2D eigenvalue weighted by Crippen LogP contribution is 2.16. The Kier molecular flexibility index (Phi) is 3.53. The SMILES string of the molecule is CN(O[SH](=O)=O)c1ccc(Cl)cc1.